The maximum Gasteiger partial charge on any atom is 0.333 e. The Hall–Kier alpha value is -2.12. The van der Waals surface area contributed by atoms with E-state index >= 15 is 0 Å². The van der Waals surface area contributed by atoms with Gasteiger partial charge in [0.05, 0.1) is 5.54 Å². The number of amides is 6. The van der Waals surface area contributed by atoms with Gasteiger partial charge in [0.25, 0.3) is 0 Å². The third-order valence-corrected chi connectivity index (χ3v) is 7.69. The highest BCUT2D eigenvalue weighted by Gasteiger charge is 2.62. The van der Waals surface area contributed by atoms with Gasteiger partial charge in [0, 0.05) is 33.2 Å². The van der Waals surface area contributed by atoms with Crippen LogP contribution in [0.2, 0.25) is 0 Å². The molecule has 0 aromatic rings. The summed E-state index contributed by atoms with van der Waals surface area (Å²) in [5, 5.41) is 0. The Morgan fingerprint density at radius 1 is 0.966 bits per heavy atom. The number of barbiturate groups is 1. The van der Waals surface area contributed by atoms with E-state index in [0.29, 0.717) is 6.54 Å². The number of imide groups is 2. The van der Waals surface area contributed by atoms with E-state index in [1.165, 1.54) is 9.80 Å². The number of likely N-dealkylation sites (N-methyl/N-ethyl adjacent to an activating group) is 2. The zero-order valence-corrected chi connectivity index (χ0v) is 17.8. The molecule has 2 saturated carbocycles. The fraction of sp³-hybridized carbons (Fsp3) is 0.810. The number of urea groups is 2. The molecular weight excluding hydrogens is 372 g/mol. The normalized spacial score (nSPS) is 35.3. The number of unbranched alkanes of at least 4 members (excludes halogenated alkanes) is 1. The zero-order valence-electron chi connectivity index (χ0n) is 17.8. The molecule has 0 unspecified atom stereocenters. The Kier molecular flexibility index (Phi) is 4.86. The Labute approximate surface area is 172 Å². The van der Waals surface area contributed by atoms with E-state index in [4.69, 9.17) is 0 Å². The third-order valence-electron chi connectivity index (χ3n) is 7.69. The van der Waals surface area contributed by atoms with Gasteiger partial charge in [-0.3, -0.25) is 19.4 Å². The average molecular weight is 405 g/mol. The summed E-state index contributed by atoms with van der Waals surface area (Å²) >= 11 is 0. The maximum atomic E-state index is 12.9. The van der Waals surface area contributed by atoms with Crippen LogP contribution >= 0.6 is 0 Å². The molecule has 2 aliphatic carbocycles. The van der Waals surface area contributed by atoms with Gasteiger partial charge in [-0.15, -0.1) is 0 Å². The summed E-state index contributed by atoms with van der Waals surface area (Å²) in [6, 6.07) is -0.441. The summed E-state index contributed by atoms with van der Waals surface area (Å²) in [7, 11) is 3.76. The van der Waals surface area contributed by atoms with Gasteiger partial charge in [-0.25, -0.2) is 9.59 Å². The Morgan fingerprint density at radius 2 is 1.62 bits per heavy atom. The minimum absolute atomic E-state index is 0.0429. The highest BCUT2D eigenvalue weighted by Crippen LogP contribution is 2.60. The second-order valence-electron chi connectivity index (χ2n) is 9.63. The van der Waals surface area contributed by atoms with Gasteiger partial charge in [-0.05, 0) is 50.4 Å². The first kappa shape index (κ1) is 20.2. The topological polar surface area (TPSA) is 81.2 Å². The van der Waals surface area contributed by atoms with Crippen molar-refractivity contribution in [3.05, 3.63) is 0 Å². The van der Waals surface area contributed by atoms with Crippen molar-refractivity contribution in [1.29, 1.82) is 0 Å². The van der Waals surface area contributed by atoms with Gasteiger partial charge < -0.3 is 9.80 Å². The first-order chi connectivity index (χ1) is 13.7. The Morgan fingerprint density at radius 3 is 2.17 bits per heavy atom. The molecule has 160 valence electrons. The lowest BCUT2D eigenvalue weighted by Gasteiger charge is -2.59. The molecule has 4 fully saturated rings. The van der Waals surface area contributed by atoms with E-state index in [0.717, 1.165) is 57.9 Å². The van der Waals surface area contributed by atoms with E-state index in [9.17, 15) is 19.2 Å². The highest BCUT2D eigenvalue weighted by atomic mass is 16.2. The molecule has 0 N–H and O–H groups in total. The quantitative estimate of drug-likeness (QED) is 0.674. The van der Waals surface area contributed by atoms with Gasteiger partial charge in [-0.2, -0.15) is 0 Å². The van der Waals surface area contributed by atoms with E-state index in [-0.39, 0.29) is 41.3 Å². The number of hydrogen-bond acceptors (Lipinski definition) is 4. The van der Waals surface area contributed by atoms with Gasteiger partial charge in [0.1, 0.15) is 6.42 Å². The van der Waals surface area contributed by atoms with E-state index in [1.54, 1.807) is 4.90 Å². The van der Waals surface area contributed by atoms with Crippen LogP contribution in [0.15, 0.2) is 0 Å². The zero-order chi connectivity index (χ0) is 21.0. The van der Waals surface area contributed by atoms with Crippen LogP contribution in [0.5, 0.6) is 0 Å². The second-order valence-corrected chi connectivity index (χ2v) is 9.63. The van der Waals surface area contributed by atoms with Gasteiger partial charge in [-0.1, -0.05) is 13.3 Å². The number of rotatable bonds is 4. The van der Waals surface area contributed by atoms with Crippen molar-refractivity contribution in [1.82, 2.24) is 19.6 Å². The van der Waals surface area contributed by atoms with E-state index in [2.05, 4.69) is 0 Å². The molecule has 4 rings (SSSR count). The molecule has 2 aliphatic heterocycles. The van der Waals surface area contributed by atoms with Crippen molar-refractivity contribution in [2.45, 2.75) is 76.3 Å². The van der Waals surface area contributed by atoms with E-state index < -0.39 is 6.03 Å². The van der Waals surface area contributed by atoms with E-state index in [1.807, 2.05) is 25.9 Å². The summed E-state index contributed by atoms with van der Waals surface area (Å²) in [6.07, 6.45) is 6.97. The number of carbonyl (C=O) groups is 4. The smallest absolute Gasteiger partial charge is 0.325 e. The minimum atomic E-state index is -0.423. The van der Waals surface area contributed by atoms with Gasteiger partial charge >= 0.3 is 12.1 Å². The van der Waals surface area contributed by atoms with Crippen LogP contribution in [-0.2, 0) is 9.59 Å². The molecule has 8 nitrogen and oxygen atoms in total. The molecule has 6 amide bonds. The fourth-order valence-electron chi connectivity index (χ4n) is 6.14. The number of carbonyl (C=O) groups excluding carboxylic acids is 4. The van der Waals surface area contributed by atoms with Crippen molar-refractivity contribution in [3.8, 4) is 0 Å². The Bertz CT molecular complexity index is 735. The lowest BCUT2D eigenvalue weighted by Crippen LogP contribution is -2.63. The molecular formula is C21H32N4O4. The summed E-state index contributed by atoms with van der Waals surface area (Å²) in [6.45, 7) is 3.19. The second kappa shape index (κ2) is 6.99. The largest absolute Gasteiger partial charge is 0.333 e. The van der Waals surface area contributed by atoms with Crippen LogP contribution in [0.4, 0.5) is 9.59 Å². The monoisotopic (exact) mass is 404 g/mol. The predicted octanol–water partition coefficient (Wildman–Crippen LogP) is 2.43. The molecule has 2 heterocycles. The molecule has 0 bridgehead atoms. The summed E-state index contributed by atoms with van der Waals surface area (Å²) < 4.78 is 0. The molecule has 8 heteroatoms. The van der Waals surface area contributed by atoms with Crippen LogP contribution < -0.4 is 0 Å². The lowest BCUT2D eigenvalue weighted by molar-refractivity contribution is -0.145. The lowest BCUT2D eigenvalue weighted by atomic mass is 9.51. The molecule has 0 radical (unpaired) electrons. The van der Waals surface area contributed by atoms with Crippen LogP contribution in [-0.4, -0.2) is 82.2 Å². The first-order valence-electron chi connectivity index (χ1n) is 10.9. The maximum absolute atomic E-state index is 12.9. The first-order valence-corrected chi connectivity index (χ1v) is 10.9. The summed E-state index contributed by atoms with van der Waals surface area (Å²) in [5.41, 5.74) is 0.175. The molecule has 4 aliphatic rings. The number of hydrogen-bond donors (Lipinski definition) is 0. The Balaban J connectivity index is 1.39. The van der Waals surface area contributed by atoms with Crippen molar-refractivity contribution in [2.24, 2.45) is 5.41 Å². The van der Waals surface area contributed by atoms with Crippen molar-refractivity contribution >= 4 is 23.9 Å². The van der Waals surface area contributed by atoms with Gasteiger partial charge in [0.2, 0.25) is 11.8 Å². The van der Waals surface area contributed by atoms with Crippen molar-refractivity contribution in [3.63, 3.8) is 0 Å². The van der Waals surface area contributed by atoms with Crippen LogP contribution in [0.25, 0.3) is 0 Å². The standard InChI is InChI=1S/C21H32N4O4/c1-4-5-10-24-16(26)11-17(27)25(19(24)29)15-6-8-20(9-7-15)12-21(13-20)14-22(2)18(28)23(21)3/h15H,4-14H2,1-3H3. The highest BCUT2D eigenvalue weighted by molar-refractivity contribution is 6.14. The van der Waals surface area contributed by atoms with Crippen LogP contribution in [0.1, 0.15) is 64.7 Å². The van der Waals surface area contributed by atoms with Crippen molar-refractivity contribution in [2.75, 3.05) is 27.2 Å². The summed E-state index contributed by atoms with van der Waals surface area (Å²) in [5.74, 6) is -0.711. The molecule has 0 atom stereocenters. The SMILES string of the molecule is CCCCN1C(=O)CC(=O)N(C2CCC3(CC2)CC2(CN(C)C(=O)N2C)C3)C1=O. The number of nitrogens with zero attached hydrogens (tertiary/aromatic N) is 4. The van der Waals surface area contributed by atoms with Crippen LogP contribution in [0.3, 0.4) is 0 Å². The molecule has 2 spiro atoms. The molecule has 2 saturated heterocycles. The average Bonchev–Trinajstić information content (AvgIpc) is 2.86. The molecule has 0 aromatic carbocycles. The van der Waals surface area contributed by atoms with Crippen molar-refractivity contribution < 1.29 is 19.2 Å². The summed E-state index contributed by atoms with van der Waals surface area (Å²) in [4.78, 5) is 56.1. The fourth-order valence-corrected chi connectivity index (χ4v) is 6.14. The minimum Gasteiger partial charge on any atom is -0.325 e. The van der Waals surface area contributed by atoms with Crippen LogP contribution in [0, 0.1) is 5.41 Å². The predicted molar refractivity (Wildman–Crippen MR) is 106 cm³/mol. The molecule has 0 aromatic heterocycles. The molecule has 29 heavy (non-hydrogen) atoms. The van der Waals surface area contributed by atoms with Gasteiger partial charge in [0.15, 0.2) is 0 Å². The third kappa shape index (κ3) is 3.11.